The van der Waals surface area contributed by atoms with E-state index in [2.05, 4.69) is 10.6 Å². The van der Waals surface area contributed by atoms with Gasteiger partial charge in [0.1, 0.15) is 5.76 Å². The largest absolute Gasteiger partial charge is 0.467 e. The topological polar surface area (TPSA) is 71.3 Å². The number of furan rings is 1. The lowest BCUT2D eigenvalue weighted by Crippen LogP contribution is -2.35. The molecule has 1 aliphatic carbocycles. The molecule has 0 bridgehead atoms. The first-order chi connectivity index (χ1) is 12.5. The zero-order valence-corrected chi connectivity index (χ0v) is 15.5. The first-order valence-electron chi connectivity index (χ1n) is 8.90. The highest BCUT2D eigenvalue weighted by molar-refractivity contribution is 6.31. The van der Waals surface area contributed by atoms with E-state index < -0.39 is 0 Å². The number of nitrogens with one attached hydrogen (secondary N) is 2. The number of benzene rings is 1. The van der Waals surface area contributed by atoms with Gasteiger partial charge in [0.2, 0.25) is 11.8 Å². The van der Waals surface area contributed by atoms with Crippen LogP contribution in [0.3, 0.4) is 0 Å². The van der Waals surface area contributed by atoms with Gasteiger partial charge < -0.3 is 15.1 Å². The smallest absolute Gasteiger partial charge is 0.227 e. The molecule has 0 radical (unpaired) electrons. The van der Waals surface area contributed by atoms with Crippen molar-refractivity contribution in [2.45, 2.75) is 39.2 Å². The molecule has 1 heterocycles. The predicted molar refractivity (Wildman–Crippen MR) is 101 cm³/mol. The third kappa shape index (κ3) is 4.47. The minimum absolute atomic E-state index is 0.00445. The van der Waals surface area contributed by atoms with Crippen molar-refractivity contribution in [3.8, 4) is 0 Å². The zero-order chi connectivity index (χ0) is 18.5. The average molecular weight is 375 g/mol. The Labute approximate surface area is 158 Å². The summed E-state index contributed by atoms with van der Waals surface area (Å²) in [6.45, 7) is 2.29. The van der Waals surface area contributed by atoms with Gasteiger partial charge in [0.25, 0.3) is 0 Å². The van der Waals surface area contributed by atoms with Crippen LogP contribution >= 0.6 is 11.6 Å². The third-order valence-electron chi connectivity index (χ3n) is 5.01. The Hall–Kier alpha value is -2.27. The molecule has 1 saturated carbocycles. The van der Waals surface area contributed by atoms with Gasteiger partial charge in [-0.1, -0.05) is 17.7 Å². The fraction of sp³-hybridized carbons (Fsp3) is 0.400. The van der Waals surface area contributed by atoms with Crippen molar-refractivity contribution in [3.05, 3.63) is 52.9 Å². The maximum atomic E-state index is 12.5. The van der Waals surface area contributed by atoms with Crippen molar-refractivity contribution in [1.82, 2.24) is 5.32 Å². The van der Waals surface area contributed by atoms with E-state index >= 15 is 0 Å². The number of rotatable bonds is 5. The van der Waals surface area contributed by atoms with E-state index in [0.717, 1.165) is 29.9 Å². The van der Waals surface area contributed by atoms with E-state index in [1.165, 1.54) is 0 Å². The Morgan fingerprint density at radius 2 is 1.77 bits per heavy atom. The van der Waals surface area contributed by atoms with Gasteiger partial charge in [-0.25, -0.2) is 0 Å². The number of amides is 2. The number of hydrogen-bond donors (Lipinski definition) is 2. The van der Waals surface area contributed by atoms with Gasteiger partial charge in [0.05, 0.1) is 12.8 Å². The molecule has 2 aromatic rings. The summed E-state index contributed by atoms with van der Waals surface area (Å²) in [6.07, 6.45) is 4.45. The van der Waals surface area contributed by atoms with Gasteiger partial charge in [0.15, 0.2) is 0 Å². The van der Waals surface area contributed by atoms with Crippen LogP contribution in [0.5, 0.6) is 0 Å². The van der Waals surface area contributed by atoms with Crippen molar-refractivity contribution >= 4 is 29.1 Å². The molecule has 2 amide bonds. The molecule has 1 aromatic heterocycles. The Morgan fingerprint density at radius 1 is 1.08 bits per heavy atom. The molecule has 0 atom stereocenters. The second-order valence-corrected chi connectivity index (χ2v) is 7.15. The maximum absolute atomic E-state index is 12.5. The van der Waals surface area contributed by atoms with Gasteiger partial charge in [-0.3, -0.25) is 9.59 Å². The Kier molecular flexibility index (Phi) is 5.99. The highest BCUT2D eigenvalue weighted by Gasteiger charge is 2.30. The number of halogens is 1. The van der Waals surface area contributed by atoms with Crippen LogP contribution in [-0.2, 0) is 16.1 Å². The number of anilines is 1. The van der Waals surface area contributed by atoms with Crippen molar-refractivity contribution in [1.29, 1.82) is 0 Å². The molecule has 1 fully saturated rings. The number of carbonyl (C=O) groups excluding carboxylic acids is 2. The van der Waals surface area contributed by atoms with Gasteiger partial charge in [-0.05, 0) is 62.4 Å². The minimum atomic E-state index is -0.0671. The van der Waals surface area contributed by atoms with E-state index in [4.69, 9.17) is 16.0 Å². The summed E-state index contributed by atoms with van der Waals surface area (Å²) in [6, 6.07) is 9.11. The molecular weight excluding hydrogens is 352 g/mol. The maximum Gasteiger partial charge on any atom is 0.227 e. The molecule has 1 aliphatic rings. The first-order valence-corrected chi connectivity index (χ1v) is 9.28. The van der Waals surface area contributed by atoms with E-state index in [0.29, 0.717) is 24.4 Å². The Balaban J connectivity index is 1.47. The molecule has 26 heavy (non-hydrogen) atoms. The molecule has 2 N–H and O–H groups in total. The van der Waals surface area contributed by atoms with Gasteiger partial charge in [-0.15, -0.1) is 0 Å². The summed E-state index contributed by atoms with van der Waals surface area (Å²) in [5.41, 5.74) is 1.62. The monoisotopic (exact) mass is 374 g/mol. The third-order valence-corrected chi connectivity index (χ3v) is 5.42. The lowest BCUT2D eigenvalue weighted by atomic mass is 9.81. The fourth-order valence-corrected chi connectivity index (χ4v) is 3.50. The molecule has 0 spiro atoms. The van der Waals surface area contributed by atoms with Crippen molar-refractivity contribution in [2.24, 2.45) is 11.8 Å². The van der Waals surface area contributed by atoms with Gasteiger partial charge in [-0.2, -0.15) is 0 Å². The Bertz CT molecular complexity index is 765. The summed E-state index contributed by atoms with van der Waals surface area (Å²) < 4.78 is 5.22. The highest BCUT2D eigenvalue weighted by atomic mass is 35.5. The number of hydrogen-bond acceptors (Lipinski definition) is 3. The van der Waals surface area contributed by atoms with E-state index in [1.54, 1.807) is 18.4 Å². The summed E-state index contributed by atoms with van der Waals surface area (Å²) in [5.74, 6) is 0.670. The molecule has 0 aliphatic heterocycles. The zero-order valence-electron chi connectivity index (χ0n) is 14.8. The number of carbonyl (C=O) groups is 2. The fourth-order valence-electron chi connectivity index (χ4n) is 3.33. The van der Waals surface area contributed by atoms with Gasteiger partial charge in [0, 0.05) is 22.5 Å². The second-order valence-electron chi connectivity index (χ2n) is 6.75. The lowest BCUT2D eigenvalue weighted by Gasteiger charge is -2.27. The van der Waals surface area contributed by atoms with Crippen LogP contribution in [0, 0.1) is 18.8 Å². The van der Waals surface area contributed by atoms with Crippen molar-refractivity contribution in [2.75, 3.05) is 5.32 Å². The van der Waals surface area contributed by atoms with Crippen LogP contribution in [0.1, 0.15) is 37.0 Å². The summed E-state index contributed by atoms with van der Waals surface area (Å²) in [4.78, 5) is 24.8. The predicted octanol–water partition coefficient (Wildman–Crippen LogP) is 4.30. The van der Waals surface area contributed by atoms with Crippen LogP contribution in [0.15, 0.2) is 41.0 Å². The average Bonchev–Trinajstić information content (AvgIpc) is 3.17. The normalized spacial score (nSPS) is 19.8. The van der Waals surface area contributed by atoms with Crippen LogP contribution in [0.25, 0.3) is 0 Å². The quantitative estimate of drug-likeness (QED) is 0.819. The van der Waals surface area contributed by atoms with E-state index in [1.807, 2.05) is 25.1 Å². The van der Waals surface area contributed by atoms with Crippen molar-refractivity contribution in [3.63, 3.8) is 0 Å². The minimum Gasteiger partial charge on any atom is -0.467 e. The SMILES string of the molecule is Cc1c(Cl)cccc1NC(=O)C1CCC(C(=O)NCc2ccco2)CC1. The summed E-state index contributed by atoms with van der Waals surface area (Å²) in [7, 11) is 0. The standard InChI is InChI=1S/C20H23ClN2O3/c1-13-17(21)5-2-6-18(13)23-20(25)15-9-7-14(8-10-15)19(24)22-12-16-4-3-11-26-16/h2-6,11,14-15H,7-10,12H2,1H3,(H,22,24)(H,23,25). The molecule has 0 saturated heterocycles. The molecule has 3 rings (SSSR count). The lowest BCUT2D eigenvalue weighted by molar-refractivity contribution is -0.128. The van der Waals surface area contributed by atoms with E-state index in [9.17, 15) is 9.59 Å². The molecule has 1 aromatic carbocycles. The van der Waals surface area contributed by atoms with Crippen molar-refractivity contribution < 1.29 is 14.0 Å². The van der Waals surface area contributed by atoms with Gasteiger partial charge >= 0.3 is 0 Å². The van der Waals surface area contributed by atoms with E-state index in [-0.39, 0.29) is 23.7 Å². The summed E-state index contributed by atoms with van der Waals surface area (Å²) >= 11 is 6.10. The highest BCUT2D eigenvalue weighted by Crippen LogP contribution is 2.31. The summed E-state index contributed by atoms with van der Waals surface area (Å²) in [5, 5.41) is 6.52. The van der Waals surface area contributed by atoms with Crippen LogP contribution in [-0.4, -0.2) is 11.8 Å². The molecule has 6 heteroatoms. The molecule has 0 unspecified atom stereocenters. The molecular formula is C20H23ClN2O3. The first kappa shape index (κ1) is 18.5. The van der Waals surface area contributed by atoms with Crippen LogP contribution in [0.4, 0.5) is 5.69 Å². The second kappa shape index (κ2) is 8.41. The Morgan fingerprint density at radius 3 is 2.42 bits per heavy atom. The van der Waals surface area contributed by atoms with Crippen LogP contribution < -0.4 is 10.6 Å². The molecule has 5 nitrogen and oxygen atoms in total. The van der Waals surface area contributed by atoms with Crippen LogP contribution in [0.2, 0.25) is 5.02 Å². The molecule has 138 valence electrons.